The molecular weight excluding hydrogens is 256 g/mol. The largest absolute Gasteiger partial charge is 0.444 e. The van der Waals surface area contributed by atoms with Gasteiger partial charge in [0.2, 0.25) is 5.91 Å². The van der Waals surface area contributed by atoms with E-state index >= 15 is 0 Å². The van der Waals surface area contributed by atoms with Crippen molar-refractivity contribution in [1.29, 1.82) is 0 Å². The normalized spacial score (nSPS) is 19.9. The highest BCUT2D eigenvalue weighted by Gasteiger charge is 2.30. The summed E-state index contributed by atoms with van der Waals surface area (Å²) in [4.78, 5) is 25.6. The molecule has 0 aliphatic carbocycles. The van der Waals surface area contributed by atoms with Gasteiger partial charge >= 0.3 is 6.09 Å². The Hall–Kier alpha value is -1.26. The number of ether oxygens (including phenoxy) is 1. The molecule has 20 heavy (non-hydrogen) atoms. The van der Waals surface area contributed by atoms with Crippen LogP contribution < -0.4 is 5.32 Å². The Morgan fingerprint density at radius 3 is 2.50 bits per heavy atom. The maximum atomic E-state index is 12.2. The summed E-state index contributed by atoms with van der Waals surface area (Å²) >= 11 is 0. The highest BCUT2D eigenvalue weighted by atomic mass is 16.6. The lowest BCUT2D eigenvalue weighted by Gasteiger charge is -2.36. The Balaban J connectivity index is 2.58. The first-order valence-electron chi connectivity index (χ1n) is 7.48. The molecule has 1 aliphatic rings. The van der Waals surface area contributed by atoms with Crippen LogP contribution in [0.15, 0.2) is 0 Å². The van der Waals surface area contributed by atoms with Crippen LogP contribution in [0.25, 0.3) is 0 Å². The number of hydrogen-bond acceptors (Lipinski definition) is 3. The van der Waals surface area contributed by atoms with Gasteiger partial charge < -0.3 is 15.0 Å². The smallest absolute Gasteiger partial charge is 0.410 e. The van der Waals surface area contributed by atoms with Gasteiger partial charge in [-0.05, 0) is 40.0 Å². The summed E-state index contributed by atoms with van der Waals surface area (Å²) in [5, 5.41) is 2.91. The molecule has 1 atom stereocenters. The van der Waals surface area contributed by atoms with Crippen molar-refractivity contribution in [2.75, 3.05) is 13.1 Å². The first-order chi connectivity index (χ1) is 9.20. The van der Waals surface area contributed by atoms with Crippen molar-refractivity contribution in [2.45, 2.75) is 65.5 Å². The number of carbonyl (C=O) groups is 2. The van der Waals surface area contributed by atoms with Gasteiger partial charge in [0, 0.05) is 19.0 Å². The molecule has 1 aliphatic heterocycles. The number of hydrogen-bond donors (Lipinski definition) is 1. The third-order valence-electron chi connectivity index (χ3n) is 3.29. The van der Waals surface area contributed by atoms with Gasteiger partial charge in [0.25, 0.3) is 0 Å². The molecule has 1 rings (SSSR count). The van der Waals surface area contributed by atoms with Crippen LogP contribution >= 0.6 is 0 Å². The molecule has 0 aromatic carbocycles. The summed E-state index contributed by atoms with van der Waals surface area (Å²) < 4.78 is 5.44. The number of rotatable bonds is 3. The van der Waals surface area contributed by atoms with Gasteiger partial charge in [-0.25, -0.2) is 4.79 Å². The zero-order chi connectivity index (χ0) is 15.3. The Bertz CT molecular complexity index is 348. The van der Waals surface area contributed by atoms with E-state index in [0.717, 1.165) is 19.3 Å². The van der Waals surface area contributed by atoms with E-state index in [4.69, 9.17) is 4.74 Å². The molecule has 1 heterocycles. The fraction of sp³-hybridized carbons (Fsp3) is 0.867. The molecule has 0 radical (unpaired) electrons. The standard InChI is InChI=1S/C15H28N2O3/c1-11(2)13(18)16-10-12-8-6-7-9-17(12)14(19)20-15(3,4)5/h11-12H,6-10H2,1-5H3,(H,16,18). The van der Waals surface area contributed by atoms with E-state index in [9.17, 15) is 9.59 Å². The van der Waals surface area contributed by atoms with Gasteiger partial charge in [-0.1, -0.05) is 13.8 Å². The van der Waals surface area contributed by atoms with Crippen molar-refractivity contribution < 1.29 is 14.3 Å². The molecule has 1 N–H and O–H groups in total. The molecule has 2 amide bonds. The van der Waals surface area contributed by atoms with Crippen molar-refractivity contribution in [3.05, 3.63) is 0 Å². The van der Waals surface area contributed by atoms with E-state index in [1.807, 2.05) is 34.6 Å². The van der Waals surface area contributed by atoms with Gasteiger partial charge in [-0.3, -0.25) is 4.79 Å². The average Bonchev–Trinajstić information content (AvgIpc) is 2.34. The van der Waals surface area contributed by atoms with E-state index in [1.165, 1.54) is 0 Å². The number of nitrogens with one attached hydrogen (secondary N) is 1. The van der Waals surface area contributed by atoms with Crippen molar-refractivity contribution in [2.24, 2.45) is 5.92 Å². The van der Waals surface area contributed by atoms with Crippen LogP contribution in [0, 0.1) is 5.92 Å². The van der Waals surface area contributed by atoms with Gasteiger partial charge in [0.15, 0.2) is 0 Å². The van der Waals surface area contributed by atoms with Crippen LogP contribution in [0.2, 0.25) is 0 Å². The fourth-order valence-corrected chi connectivity index (χ4v) is 2.20. The Morgan fingerprint density at radius 1 is 1.30 bits per heavy atom. The second-order valence-electron chi connectivity index (χ2n) is 6.72. The number of carbonyl (C=O) groups excluding carboxylic acids is 2. The van der Waals surface area contributed by atoms with Crippen molar-refractivity contribution in [1.82, 2.24) is 10.2 Å². The fourth-order valence-electron chi connectivity index (χ4n) is 2.20. The third kappa shape index (κ3) is 5.39. The molecule has 0 bridgehead atoms. The minimum atomic E-state index is -0.486. The Labute approximate surface area is 122 Å². The molecule has 5 nitrogen and oxygen atoms in total. The molecule has 5 heteroatoms. The van der Waals surface area contributed by atoms with Crippen LogP contribution in [-0.2, 0) is 9.53 Å². The zero-order valence-corrected chi connectivity index (χ0v) is 13.4. The van der Waals surface area contributed by atoms with Gasteiger partial charge in [-0.2, -0.15) is 0 Å². The molecule has 116 valence electrons. The van der Waals surface area contributed by atoms with E-state index in [1.54, 1.807) is 4.90 Å². The highest BCUT2D eigenvalue weighted by Crippen LogP contribution is 2.20. The molecule has 0 saturated carbocycles. The van der Waals surface area contributed by atoms with E-state index in [2.05, 4.69) is 5.32 Å². The van der Waals surface area contributed by atoms with Crippen molar-refractivity contribution >= 4 is 12.0 Å². The number of likely N-dealkylation sites (tertiary alicyclic amines) is 1. The summed E-state index contributed by atoms with van der Waals surface area (Å²) in [5.74, 6) is -0.00622. The van der Waals surface area contributed by atoms with Gasteiger partial charge in [-0.15, -0.1) is 0 Å². The van der Waals surface area contributed by atoms with E-state index in [0.29, 0.717) is 13.1 Å². The van der Waals surface area contributed by atoms with Crippen LogP contribution in [0.3, 0.4) is 0 Å². The Kier molecular flexibility index (Phi) is 5.84. The van der Waals surface area contributed by atoms with Crippen molar-refractivity contribution in [3.8, 4) is 0 Å². The second kappa shape index (κ2) is 6.95. The quantitative estimate of drug-likeness (QED) is 0.866. The number of nitrogens with zero attached hydrogens (tertiary/aromatic N) is 1. The monoisotopic (exact) mass is 284 g/mol. The lowest BCUT2D eigenvalue weighted by Crippen LogP contribution is -2.51. The summed E-state index contributed by atoms with van der Waals surface area (Å²) in [5.41, 5.74) is -0.486. The topological polar surface area (TPSA) is 58.6 Å². The molecular formula is C15H28N2O3. The number of piperidine rings is 1. The van der Waals surface area contributed by atoms with Crippen molar-refractivity contribution in [3.63, 3.8) is 0 Å². The van der Waals surface area contributed by atoms with Crippen LogP contribution in [-0.4, -0.2) is 41.6 Å². The zero-order valence-electron chi connectivity index (χ0n) is 13.4. The molecule has 1 unspecified atom stereocenters. The SMILES string of the molecule is CC(C)C(=O)NCC1CCCCN1C(=O)OC(C)(C)C. The van der Waals surface area contributed by atoms with Crippen LogP contribution in [0.1, 0.15) is 53.9 Å². The van der Waals surface area contributed by atoms with E-state index in [-0.39, 0.29) is 24.0 Å². The molecule has 1 saturated heterocycles. The minimum Gasteiger partial charge on any atom is -0.444 e. The minimum absolute atomic E-state index is 0.0275. The highest BCUT2D eigenvalue weighted by molar-refractivity contribution is 5.78. The second-order valence-corrected chi connectivity index (χ2v) is 6.72. The van der Waals surface area contributed by atoms with Gasteiger partial charge in [0.1, 0.15) is 5.60 Å². The molecule has 0 aromatic heterocycles. The molecule has 0 aromatic rings. The predicted octanol–water partition coefficient (Wildman–Crippen LogP) is 2.55. The molecule has 0 spiro atoms. The van der Waals surface area contributed by atoms with Crippen LogP contribution in [0.5, 0.6) is 0 Å². The van der Waals surface area contributed by atoms with Gasteiger partial charge in [0.05, 0.1) is 6.04 Å². The van der Waals surface area contributed by atoms with E-state index < -0.39 is 5.60 Å². The first kappa shape index (κ1) is 16.8. The number of amides is 2. The van der Waals surface area contributed by atoms with Crippen LogP contribution in [0.4, 0.5) is 4.79 Å². The predicted molar refractivity (Wildman–Crippen MR) is 78.4 cm³/mol. The Morgan fingerprint density at radius 2 is 1.95 bits per heavy atom. The maximum Gasteiger partial charge on any atom is 0.410 e. The third-order valence-corrected chi connectivity index (χ3v) is 3.29. The molecule has 1 fully saturated rings. The lowest BCUT2D eigenvalue weighted by atomic mass is 10.0. The summed E-state index contributed by atoms with van der Waals surface area (Å²) in [6.45, 7) is 10.5. The summed E-state index contributed by atoms with van der Waals surface area (Å²) in [7, 11) is 0. The lowest BCUT2D eigenvalue weighted by molar-refractivity contribution is -0.124. The first-order valence-corrected chi connectivity index (χ1v) is 7.48. The average molecular weight is 284 g/mol. The summed E-state index contributed by atoms with van der Waals surface area (Å²) in [6.07, 6.45) is 2.72. The summed E-state index contributed by atoms with van der Waals surface area (Å²) in [6, 6.07) is 0.0429. The maximum absolute atomic E-state index is 12.2.